The maximum atomic E-state index is 13.5. The van der Waals surface area contributed by atoms with E-state index in [4.69, 9.17) is 0 Å². The van der Waals surface area contributed by atoms with Crippen molar-refractivity contribution in [1.29, 1.82) is 0 Å². The van der Waals surface area contributed by atoms with Crippen molar-refractivity contribution < 1.29 is 18.0 Å². The first-order valence-electron chi connectivity index (χ1n) is 10.9. The summed E-state index contributed by atoms with van der Waals surface area (Å²) in [6, 6.07) is 19.7. The van der Waals surface area contributed by atoms with Gasteiger partial charge in [-0.2, -0.15) is 0 Å². The monoisotopic (exact) mass is 557 g/mol. The van der Waals surface area contributed by atoms with E-state index < -0.39 is 28.0 Å². The lowest BCUT2D eigenvalue weighted by molar-refractivity contribution is -0.114. The average molecular weight is 558 g/mol. The smallest absolute Gasteiger partial charge is 0.264 e. The van der Waals surface area contributed by atoms with Crippen LogP contribution >= 0.6 is 15.9 Å². The molecule has 0 bridgehead atoms. The molecule has 0 fully saturated rings. The third-order valence-electron chi connectivity index (χ3n) is 4.93. The minimum Gasteiger partial charge on any atom is -0.347 e. The van der Waals surface area contributed by atoms with Crippen LogP contribution in [0.4, 0.5) is 11.4 Å². The molecule has 0 aromatic heterocycles. The first-order chi connectivity index (χ1) is 16.4. The third kappa shape index (κ3) is 6.93. The highest BCUT2D eigenvalue weighted by molar-refractivity contribution is 9.10. The number of rotatable bonds is 7. The highest BCUT2D eigenvalue weighted by atomic mass is 79.9. The summed E-state index contributed by atoms with van der Waals surface area (Å²) < 4.78 is 28.8. The van der Waals surface area contributed by atoms with E-state index in [9.17, 15) is 18.0 Å². The SMILES string of the molecule is Cc1ccc(S(=O)(=O)N(CC(=O)Nc2ccccc2C(=O)NC(C)(C)C)c2cccc(Br)c2)cc1. The summed E-state index contributed by atoms with van der Waals surface area (Å²) in [6.45, 7) is 6.96. The molecule has 0 radical (unpaired) electrons. The van der Waals surface area contributed by atoms with Gasteiger partial charge in [0.1, 0.15) is 6.54 Å². The van der Waals surface area contributed by atoms with Gasteiger partial charge in [-0.3, -0.25) is 13.9 Å². The summed E-state index contributed by atoms with van der Waals surface area (Å²) in [6.07, 6.45) is 0. The predicted octanol–water partition coefficient (Wildman–Crippen LogP) is 5.12. The van der Waals surface area contributed by atoms with Crippen LogP contribution in [-0.4, -0.2) is 32.3 Å². The van der Waals surface area contributed by atoms with E-state index >= 15 is 0 Å². The third-order valence-corrected chi connectivity index (χ3v) is 7.21. The van der Waals surface area contributed by atoms with Crippen LogP contribution in [-0.2, 0) is 14.8 Å². The summed E-state index contributed by atoms with van der Waals surface area (Å²) in [5.41, 5.74) is 1.36. The molecule has 0 aliphatic rings. The summed E-state index contributed by atoms with van der Waals surface area (Å²) >= 11 is 3.37. The van der Waals surface area contributed by atoms with Crippen LogP contribution in [0, 0.1) is 6.92 Å². The highest BCUT2D eigenvalue weighted by Gasteiger charge is 2.28. The number of benzene rings is 3. The van der Waals surface area contributed by atoms with Gasteiger partial charge in [0, 0.05) is 10.0 Å². The lowest BCUT2D eigenvalue weighted by Crippen LogP contribution is -2.41. The van der Waals surface area contributed by atoms with Gasteiger partial charge in [0.15, 0.2) is 0 Å². The number of amides is 2. The molecule has 2 amide bonds. The van der Waals surface area contributed by atoms with Crippen LogP contribution in [0.3, 0.4) is 0 Å². The molecule has 7 nitrogen and oxygen atoms in total. The van der Waals surface area contributed by atoms with Crippen molar-refractivity contribution >= 4 is 49.1 Å². The number of nitrogens with one attached hydrogen (secondary N) is 2. The zero-order valence-corrected chi connectivity index (χ0v) is 22.4. The fourth-order valence-corrected chi connectivity index (χ4v) is 5.10. The molecule has 0 aliphatic heterocycles. The van der Waals surface area contributed by atoms with Gasteiger partial charge in [-0.15, -0.1) is 0 Å². The summed E-state index contributed by atoms with van der Waals surface area (Å²) in [4.78, 5) is 25.9. The topological polar surface area (TPSA) is 95.6 Å². The second kappa shape index (κ2) is 10.6. The van der Waals surface area contributed by atoms with Crippen LogP contribution in [0.15, 0.2) is 82.2 Å². The summed E-state index contributed by atoms with van der Waals surface area (Å²) in [5.74, 6) is -0.929. The Bertz CT molecular complexity index is 1330. The molecule has 0 saturated heterocycles. The number of halogens is 1. The van der Waals surface area contributed by atoms with Crippen molar-refractivity contribution in [2.45, 2.75) is 38.1 Å². The van der Waals surface area contributed by atoms with E-state index in [1.165, 1.54) is 12.1 Å². The van der Waals surface area contributed by atoms with Crippen LogP contribution in [0.5, 0.6) is 0 Å². The van der Waals surface area contributed by atoms with Crippen molar-refractivity contribution in [3.05, 3.63) is 88.4 Å². The number of anilines is 2. The minimum atomic E-state index is -4.05. The highest BCUT2D eigenvalue weighted by Crippen LogP contribution is 2.27. The van der Waals surface area contributed by atoms with Gasteiger partial charge >= 0.3 is 0 Å². The van der Waals surface area contributed by atoms with E-state index in [2.05, 4.69) is 26.6 Å². The number of nitrogens with zero attached hydrogens (tertiary/aromatic N) is 1. The van der Waals surface area contributed by atoms with Gasteiger partial charge < -0.3 is 10.6 Å². The Hall–Kier alpha value is -3.17. The number of carbonyl (C=O) groups is 2. The van der Waals surface area contributed by atoms with E-state index in [1.807, 2.05) is 27.7 Å². The zero-order valence-electron chi connectivity index (χ0n) is 20.0. The Kier molecular flexibility index (Phi) is 8.02. The number of aryl methyl sites for hydroxylation is 1. The molecule has 0 atom stereocenters. The number of para-hydroxylation sites is 1. The Labute approximate surface area is 214 Å². The molecule has 0 unspecified atom stereocenters. The number of carbonyl (C=O) groups excluding carboxylic acids is 2. The molecule has 35 heavy (non-hydrogen) atoms. The van der Waals surface area contributed by atoms with Crippen LogP contribution in [0.1, 0.15) is 36.7 Å². The van der Waals surface area contributed by atoms with Gasteiger partial charge in [0.25, 0.3) is 15.9 Å². The molecule has 0 heterocycles. The molecular formula is C26H28BrN3O4S. The maximum absolute atomic E-state index is 13.5. The zero-order chi connectivity index (χ0) is 25.8. The van der Waals surface area contributed by atoms with Crippen LogP contribution in [0.25, 0.3) is 0 Å². The Morgan fingerprint density at radius 2 is 1.60 bits per heavy atom. The minimum absolute atomic E-state index is 0.0702. The molecular weight excluding hydrogens is 530 g/mol. The van der Waals surface area contributed by atoms with Crippen LogP contribution in [0.2, 0.25) is 0 Å². The molecule has 0 spiro atoms. The van der Waals surface area contributed by atoms with Gasteiger partial charge in [0.05, 0.1) is 21.8 Å². The van der Waals surface area contributed by atoms with Crippen molar-refractivity contribution in [2.75, 3.05) is 16.2 Å². The van der Waals surface area contributed by atoms with E-state index in [1.54, 1.807) is 60.7 Å². The summed E-state index contributed by atoms with van der Waals surface area (Å²) in [5, 5.41) is 5.58. The molecule has 9 heteroatoms. The van der Waals surface area contributed by atoms with E-state index in [-0.39, 0.29) is 16.4 Å². The Morgan fingerprint density at radius 1 is 0.943 bits per heavy atom. The summed E-state index contributed by atoms with van der Waals surface area (Å²) in [7, 11) is -4.05. The fourth-order valence-electron chi connectivity index (χ4n) is 3.30. The Balaban J connectivity index is 1.93. The molecule has 184 valence electrons. The first-order valence-corrected chi connectivity index (χ1v) is 13.2. The van der Waals surface area contributed by atoms with Crippen molar-refractivity contribution in [1.82, 2.24) is 5.32 Å². The van der Waals surface area contributed by atoms with Crippen molar-refractivity contribution in [2.24, 2.45) is 0 Å². The van der Waals surface area contributed by atoms with Gasteiger partial charge in [-0.05, 0) is 70.2 Å². The van der Waals surface area contributed by atoms with E-state index in [0.717, 1.165) is 9.87 Å². The Morgan fingerprint density at radius 3 is 2.23 bits per heavy atom. The first kappa shape index (κ1) is 26.4. The van der Waals surface area contributed by atoms with Crippen molar-refractivity contribution in [3.8, 4) is 0 Å². The maximum Gasteiger partial charge on any atom is 0.264 e. The second-order valence-corrected chi connectivity index (χ2v) is 11.9. The molecule has 2 N–H and O–H groups in total. The molecule has 0 saturated carbocycles. The lowest BCUT2D eigenvalue weighted by atomic mass is 10.1. The average Bonchev–Trinajstić information content (AvgIpc) is 2.77. The molecule has 3 aromatic rings. The number of sulfonamides is 1. The van der Waals surface area contributed by atoms with Gasteiger partial charge in [-0.25, -0.2) is 8.42 Å². The van der Waals surface area contributed by atoms with E-state index in [0.29, 0.717) is 15.8 Å². The fraction of sp³-hybridized carbons (Fsp3) is 0.231. The second-order valence-electron chi connectivity index (χ2n) is 9.10. The quantitative estimate of drug-likeness (QED) is 0.421. The van der Waals surface area contributed by atoms with Gasteiger partial charge in [0.2, 0.25) is 5.91 Å². The predicted molar refractivity (Wildman–Crippen MR) is 142 cm³/mol. The molecule has 0 aliphatic carbocycles. The largest absolute Gasteiger partial charge is 0.347 e. The molecule has 3 rings (SSSR count). The lowest BCUT2D eigenvalue weighted by Gasteiger charge is -2.25. The number of hydrogen-bond donors (Lipinski definition) is 2. The number of hydrogen-bond acceptors (Lipinski definition) is 4. The normalized spacial score (nSPS) is 11.6. The van der Waals surface area contributed by atoms with Crippen LogP contribution < -0.4 is 14.9 Å². The van der Waals surface area contributed by atoms with Crippen molar-refractivity contribution in [3.63, 3.8) is 0 Å². The molecule has 3 aromatic carbocycles. The van der Waals surface area contributed by atoms with Gasteiger partial charge in [-0.1, -0.05) is 51.8 Å². The standard InChI is InChI=1S/C26H28BrN3O4S/c1-18-12-14-21(15-13-18)35(33,34)30(20-9-7-8-19(27)16-20)17-24(31)28-23-11-6-5-10-22(23)25(32)29-26(2,3)4/h5-16H,17H2,1-4H3,(H,28,31)(H,29,32).